The molecule has 0 bridgehead atoms. The number of rotatable bonds is 4. The van der Waals surface area contributed by atoms with Crippen molar-refractivity contribution in [3.8, 4) is 22.5 Å². The lowest BCUT2D eigenvalue weighted by Crippen LogP contribution is -2.47. The first-order chi connectivity index (χ1) is 16.6. The van der Waals surface area contributed by atoms with E-state index in [1.165, 1.54) is 0 Å². The molecule has 0 aliphatic carbocycles. The van der Waals surface area contributed by atoms with E-state index in [0.717, 1.165) is 16.7 Å². The van der Waals surface area contributed by atoms with Crippen LogP contribution in [0, 0.1) is 0 Å². The number of aliphatic hydroxyl groups is 1. The van der Waals surface area contributed by atoms with Crippen LogP contribution in [0.1, 0.15) is 16.1 Å². The van der Waals surface area contributed by atoms with Crippen LogP contribution in [0.2, 0.25) is 0 Å². The van der Waals surface area contributed by atoms with Gasteiger partial charge >= 0.3 is 0 Å². The SMILES string of the molecule is O=C(c1cccc(-c2ccnc3cc(-c4ccc(C5(O)COC5)nc4)oc23)c1)N1CCOCC1. The van der Waals surface area contributed by atoms with Crippen LogP contribution in [0.3, 0.4) is 0 Å². The van der Waals surface area contributed by atoms with E-state index < -0.39 is 5.60 Å². The molecule has 0 atom stereocenters. The fourth-order valence-electron chi connectivity index (χ4n) is 4.33. The molecule has 1 aromatic carbocycles. The molecule has 3 aromatic heterocycles. The molecule has 34 heavy (non-hydrogen) atoms. The molecular formula is C26H23N3O5. The van der Waals surface area contributed by atoms with Crippen molar-refractivity contribution in [3.05, 3.63) is 72.2 Å². The molecule has 172 valence electrons. The van der Waals surface area contributed by atoms with Crippen LogP contribution in [0.25, 0.3) is 33.6 Å². The summed E-state index contributed by atoms with van der Waals surface area (Å²) in [6.07, 6.45) is 3.42. The van der Waals surface area contributed by atoms with Crippen LogP contribution in [0.4, 0.5) is 0 Å². The molecule has 4 aromatic rings. The minimum atomic E-state index is -1.01. The van der Waals surface area contributed by atoms with Crippen molar-refractivity contribution in [1.82, 2.24) is 14.9 Å². The van der Waals surface area contributed by atoms with E-state index in [0.29, 0.717) is 54.4 Å². The van der Waals surface area contributed by atoms with E-state index >= 15 is 0 Å². The number of pyridine rings is 2. The zero-order chi connectivity index (χ0) is 23.1. The Balaban J connectivity index is 1.33. The number of carbonyl (C=O) groups excluding carboxylic acids is 1. The molecule has 0 saturated carbocycles. The highest BCUT2D eigenvalue weighted by atomic mass is 16.5. The smallest absolute Gasteiger partial charge is 0.254 e. The van der Waals surface area contributed by atoms with Crippen molar-refractivity contribution in [1.29, 1.82) is 0 Å². The summed E-state index contributed by atoms with van der Waals surface area (Å²) in [7, 11) is 0. The monoisotopic (exact) mass is 457 g/mol. The molecule has 8 heteroatoms. The zero-order valence-electron chi connectivity index (χ0n) is 18.4. The lowest BCUT2D eigenvalue weighted by atomic mass is 9.97. The Morgan fingerprint density at radius 2 is 1.82 bits per heavy atom. The normalized spacial score (nSPS) is 17.5. The largest absolute Gasteiger partial charge is 0.454 e. The molecule has 0 unspecified atom stereocenters. The molecule has 0 spiro atoms. The highest BCUT2D eigenvalue weighted by molar-refractivity contribution is 5.98. The quantitative estimate of drug-likeness (QED) is 0.502. The maximum atomic E-state index is 13.0. The van der Waals surface area contributed by atoms with E-state index in [2.05, 4.69) is 9.97 Å². The lowest BCUT2D eigenvalue weighted by molar-refractivity contribution is -0.186. The average Bonchev–Trinajstić information content (AvgIpc) is 3.32. The van der Waals surface area contributed by atoms with Crippen molar-refractivity contribution < 1.29 is 23.8 Å². The topological polar surface area (TPSA) is 97.9 Å². The van der Waals surface area contributed by atoms with Crippen molar-refractivity contribution in [2.45, 2.75) is 5.60 Å². The minimum Gasteiger partial charge on any atom is -0.454 e. The second kappa shape index (κ2) is 8.32. The number of morpholine rings is 1. The van der Waals surface area contributed by atoms with Crippen LogP contribution in [-0.2, 0) is 15.1 Å². The van der Waals surface area contributed by atoms with Crippen LogP contribution in [-0.4, -0.2) is 65.4 Å². The summed E-state index contributed by atoms with van der Waals surface area (Å²) in [5.41, 5.74) is 4.09. The van der Waals surface area contributed by atoms with Crippen molar-refractivity contribution in [3.63, 3.8) is 0 Å². The fraction of sp³-hybridized carbons (Fsp3) is 0.269. The first-order valence-corrected chi connectivity index (χ1v) is 11.2. The molecule has 1 amide bonds. The number of aromatic nitrogens is 2. The summed E-state index contributed by atoms with van der Waals surface area (Å²) < 4.78 is 16.7. The number of nitrogens with zero attached hydrogens (tertiary/aromatic N) is 3. The Labute approximate surface area is 195 Å². The summed E-state index contributed by atoms with van der Waals surface area (Å²) in [5, 5.41) is 10.4. The van der Waals surface area contributed by atoms with Gasteiger partial charge in [0.15, 0.2) is 11.2 Å². The van der Waals surface area contributed by atoms with Crippen molar-refractivity contribution in [2.24, 2.45) is 0 Å². The average molecular weight is 457 g/mol. The van der Waals surface area contributed by atoms with E-state index in [1.807, 2.05) is 47.4 Å². The van der Waals surface area contributed by atoms with Crippen molar-refractivity contribution in [2.75, 3.05) is 39.5 Å². The Kier molecular flexibility index (Phi) is 5.13. The Morgan fingerprint density at radius 3 is 2.56 bits per heavy atom. The van der Waals surface area contributed by atoms with Gasteiger partial charge in [-0.05, 0) is 35.9 Å². The number of hydrogen-bond donors (Lipinski definition) is 1. The van der Waals surface area contributed by atoms with Gasteiger partial charge in [-0.25, -0.2) is 0 Å². The van der Waals surface area contributed by atoms with Gasteiger partial charge in [0.2, 0.25) is 0 Å². The van der Waals surface area contributed by atoms with E-state index in [4.69, 9.17) is 13.9 Å². The van der Waals surface area contributed by atoms with E-state index in [1.54, 1.807) is 18.5 Å². The van der Waals surface area contributed by atoms with Gasteiger partial charge in [0, 0.05) is 48.2 Å². The third kappa shape index (κ3) is 3.66. The molecule has 2 aliphatic heterocycles. The molecule has 2 fully saturated rings. The number of furan rings is 1. The molecule has 0 radical (unpaired) electrons. The third-order valence-corrected chi connectivity index (χ3v) is 6.34. The van der Waals surface area contributed by atoms with E-state index in [-0.39, 0.29) is 19.1 Å². The number of fused-ring (bicyclic) bond motifs is 1. The van der Waals surface area contributed by atoms with Crippen LogP contribution in [0.15, 0.2) is 65.3 Å². The highest BCUT2D eigenvalue weighted by Gasteiger charge is 2.39. The molecule has 8 nitrogen and oxygen atoms in total. The van der Waals surface area contributed by atoms with E-state index in [9.17, 15) is 9.90 Å². The molecule has 5 heterocycles. The van der Waals surface area contributed by atoms with Gasteiger partial charge in [-0.15, -0.1) is 0 Å². The maximum Gasteiger partial charge on any atom is 0.254 e. The zero-order valence-corrected chi connectivity index (χ0v) is 18.4. The first kappa shape index (κ1) is 21.0. The fourth-order valence-corrected chi connectivity index (χ4v) is 4.33. The Morgan fingerprint density at radius 1 is 0.971 bits per heavy atom. The molecule has 2 saturated heterocycles. The van der Waals surface area contributed by atoms with Crippen molar-refractivity contribution >= 4 is 17.0 Å². The predicted octanol–water partition coefficient (Wildman–Crippen LogP) is 3.25. The van der Waals surface area contributed by atoms with Crippen LogP contribution < -0.4 is 0 Å². The summed E-state index contributed by atoms with van der Waals surface area (Å²) >= 11 is 0. The van der Waals surface area contributed by atoms with Gasteiger partial charge in [0.25, 0.3) is 5.91 Å². The summed E-state index contributed by atoms with van der Waals surface area (Å²) in [6, 6.07) is 15.0. The van der Waals surface area contributed by atoms with Crippen LogP contribution in [0.5, 0.6) is 0 Å². The Hall–Kier alpha value is -3.59. The van der Waals surface area contributed by atoms with Gasteiger partial charge in [-0.2, -0.15) is 0 Å². The first-order valence-electron chi connectivity index (χ1n) is 11.2. The standard InChI is InChI=1S/C26H23N3O5/c30-25(29-8-10-32-11-9-29)18-3-1-2-17(12-18)20-6-7-27-21-13-22(34-24(20)21)19-4-5-23(28-14-19)26(31)15-33-16-26/h1-7,12-14,31H,8-11,15-16H2. The van der Waals surface area contributed by atoms with Crippen LogP contribution >= 0.6 is 0 Å². The highest BCUT2D eigenvalue weighted by Crippen LogP contribution is 2.35. The van der Waals surface area contributed by atoms with Gasteiger partial charge in [0.05, 0.1) is 32.1 Å². The summed E-state index contributed by atoms with van der Waals surface area (Å²) in [6.45, 7) is 2.83. The number of ether oxygens (including phenoxy) is 2. The number of carbonyl (C=O) groups is 1. The number of benzene rings is 1. The van der Waals surface area contributed by atoms with Gasteiger partial charge in [-0.3, -0.25) is 14.8 Å². The molecule has 2 aliphatic rings. The number of hydrogen-bond acceptors (Lipinski definition) is 7. The third-order valence-electron chi connectivity index (χ3n) is 6.34. The predicted molar refractivity (Wildman–Crippen MR) is 124 cm³/mol. The minimum absolute atomic E-state index is 0.000246. The summed E-state index contributed by atoms with van der Waals surface area (Å²) in [4.78, 5) is 23.7. The lowest BCUT2D eigenvalue weighted by Gasteiger charge is -2.35. The second-order valence-electron chi connectivity index (χ2n) is 8.63. The van der Waals surface area contributed by atoms with Gasteiger partial charge < -0.3 is 23.9 Å². The number of amides is 1. The maximum absolute atomic E-state index is 13.0. The molecule has 6 rings (SSSR count). The van der Waals surface area contributed by atoms with Gasteiger partial charge in [0.1, 0.15) is 11.3 Å². The molecule has 1 N–H and O–H groups in total. The van der Waals surface area contributed by atoms with Gasteiger partial charge in [-0.1, -0.05) is 12.1 Å². The Bertz CT molecular complexity index is 1350. The molecular weight excluding hydrogens is 434 g/mol. The summed E-state index contributed by atoms with van der Waals surface area (Å²) in [5.74, 6) is 0.631. The second-order valence-corrected chi connectivity index (χ2v) is 8.63.